The Morgan fingerprint density at radius 2 is 1.07 bits per heavy atom. The van der Waals surface area contributed by atoms with Crippen molar-refractivity contribution in [2.75, 3.05) is 10.2 Å². The Morgan fingerprint density at radius 1 is 0.533 bits per heavy atom. The van der Waals surface area contributed by atoms with Crippen LogP contribution in [0.25, 0.3) is 0 Å². The molecule has 1 N–H and O–H groups in total. The van der Waals surface area contributed by atoms with Gasteiger partial charge < -0.3 is 10.2 Å². The molecule has 0 spiro atoms. The average molecular weight is 409 g/mol. The highest BCUT2D eigenvalue weighted by molar-refractivity contribution is 6.88. The highest BCUT2D eigenvalue weighted by Gasteiger charge is 2.16. The van der Waals surface area contributed by atoms with E-state index in [0.29, 0.717) is 0 Å². The molecule has 0 saturated heterocycles. The van der Waals surface area contributed by atoms with Crippen LogP contribution in [0.1, 0.15) is 0 Å². The molecule has 0 aliphatic heterocycles. The van der Waals surface area contributed by atoms with Crippen LogP contribution in [0.3, 0.4) is 0 Å². The lowest BCUT2D eigenvalue weighted by Gasteiger charge is -2.26. The second kappa shape index (κ2) is 8.60. The molecular formula is C27H28N2Si. The Kier molecular flexibility index (Phi) is 5.73. The van der Waals surface area contributed by atoms with E-state index in [1.165, 1.54) is 5.19 Å². The molecule has 3 heteroatoms. The van der Waals surface area contributed by atoms with E-state index in [4.69, 9.17) is 0 Å². The van der Waals surface area contributed by atoms with Gasteiger partial charge in [0.25, 0.3) is 0 Å². The number of hydrogen-bond acceptors (Lipinski definition) is 2. The third-order valence-electron chi connectivity index (χ3n) is 5.17. The summed E-state index contributed by atoms with van der Waals surface area (Å²) >= 11 is 0. The zero-order valence-corrected chi connectivity index (χ0v) is 18.8. The van der Waals surface area contributed by atoms with Crippen molar-refractivity contribution in [2.24, 2.45) is 0 Å². The molecular weight excluding hydrogens is 380 g/mol. The molecule has 0 aliphatic carbocycles. The molecule has 0 heterocycles. The number of para-hydroxylation sites is 2. The largest absolute Gasteiger partial charge is 0.355 e. The van der Waals surface area contributed by atoms with Gasteiger partial charge in [0.15, 0.2) is 0 Å². The molecule has 2 nitrogen and oxygen atoms in total. The first-order valence-corrected chi connectivity index (χ1v) is 13.9. The minimum Gasteiger partial charge on any atom is -0.355 e. The third kappa shape index (κ3) is 4.64. The zero-order valence-electron chi connectivity index (χ0n) is 17.8. The van der Waals surface area contributed by atoms with Crippen LogP contribution in [-0.4, -0.2) is 8.07 Å². The summed E-state index contributed by atoms with van der Waals surface area (Å²) in [6, 6.07) is 38.4. The van der Waals surface area contributed by atoms with E-state index in [2.05, 4.69) is 139 Å². The molecule has 30 heavy (non-hydrogen) atoms. The van der Waals surface area contributed by atoms with Gasteiger partial charge >= 0.3 is 0 Å². The monoisotopic (exact) mass is 408 g/mol. The summed E-state index contributed by atoms with van der Waals surface area (Å²) in [5.74, 6) is 0. The van der Waals surface area contributed by atoms with Crippen molar-refractivity contribution in [1.29, 1.82) is 0 Å². The Balaban J connectivity index is 1.65. The molecule has 0 unspecified atom stereocenters. The van der Waals surface area contributed by atoms with Crippen LogP contribution in [0.15, 0.2) is 109 Å². The summed E-state index contributed by atoms with van der Waals surface area (Å²) in [5, 5.41) is 5.04. The maximum atomic E-state index is 3.57. The smallest absolute Gasteiger partial charge is 0.0775 e. The second-order valence-electron chi connectivity index (χ2n) is 8.51. The summed E-state index contributed by atoms with van der Waals surface area (Å²) in [7, 11) is -1.28. The van der Waals surface area contributed by atoms with Crippen molar-refractivity contribution in [3.05, 3.63) is 109 Å². The minimum atomic E-state index is -1.28. The van der Waals surface area contributed by atoms with Crippen LogP contribution < -0.4 is 15.4 Å². The molecule has 4 rings (SSSR count). The molecule has 0 saturated carbocycles. The van der Waals surface area contributed by atoms with Crippen molar-refractivity contribution >= 4 is 41.7 Å². The fourth-order valence-electron chi connectivity index (χ4n) is 3.54. The molecule has 0 fully saturated rings. The summed E-state index contributed by atoms with van der Waals surface area (Å²) in [6.45, 7) is 7.13. The molecule has 150 valence electrons. The number of nitrogens with one attached hydrogen (secondary N) is 1. The standard InChI is InChI=1S/C27H28N2Si/c1-30(2,3)27-19-17-22(18-20-27)28-23-11-10-16-26(21-23)29(24-12-6-4-7-13-24)25-14-8-5-9-15-25/h4-21,28H,1-3H3. The Hall–Kier alpha value is -3.30. The van der Waals surface area contributed by atoms with Crippen LogP contribution in [-0.2, 0) is 0 Å². The predicted octanol–water partition coefficient (Wildman–Crippen LogP) is 7.45. The maximum absolute atomic E-state index is 3.57. The Morgan fingerprint density at radius 3 is 1.60 bits per heavy atom. The van der Waals surface area contributed by atoms with Gasteiger partial charge in [0.05, 0.1) is 8.07 Å². The van der Waals surface area contributed by atoms with Gasteiger partial charge in [0, 0.05) is 28.4 Å². The van der Waals surface area contributed by atoms with Crippen LogP contribution >= 0.6 is 0 Å². The van der Waals surface area contributed by atoms with E-state index < -0.39 is 8.07 Å². The van der Waals surface area contributed by atoms with Gasteiger partial charge in [-0.05, 0) is 54.6 Å². The lowest BCUT2D eigenvalue weighted by atomic mass is 10.1. The number of rotatable bonds is 6. The lowest BCUT2D eigenvalue weighted by molar-refractivity contribution is 1.28. The molecule has 4 aromatic rings. The van der Waals surface area contributed by atoms with Crippen molar-refractivity contribution in [2.45, 2.75) is 19.6 Å². The van der Waals surface area contributed by atoms with Crippen molar-refractivity contribution in [1.82, 2.24) is 0 Å². The Bertz CT molecular complexity index is 1050. The van der Waals surface area contributed by atoms with Crippen LogP contribution in [0.4, 0.5) is 28.4 Å². The van der Waals surface area contributed by atoms with Gasteiger partial charge in [-0.25, -0.2) is 0 Å². The first-order valence-electron chi connectivity index (χ1n) is 10.4. The zero-order chi connectivity index (χ0) is 21.0. The topological polar surface area (TPSA) is 15.3 Å². The van der Waals surface area contributed by atoms with Crippen LogP contribution in [0.5, 0.6) is 0 Å². The van der Waals surface area contributed by atoms with Crippen molar-refractivity contribution in [3.8, 4) is 0 Å². The predicted molar refractivity (Wildman–Crippen MR) is 134 cm³/mol. The van der Waals surface area contributed by atoms with Crippen molar-refractivity contribution in [3.63, 3.8) is 0 Å². The highest BCUT2D eigenvalue weighted by Crippen LogP contribution is 2.35. The second-order valence-corrected chi connectivity index (χ2v) is 13.6. The van der Waals surface area contributed by atoms with E-state index in [0.717, 1.165) is 28.4 Å². The van der Waals surface area contributed by atoms with Gasteiger partial charge in [-0.1, -0.05) is 79.4 Å². The van der Waals surface area contributed by atoms with Gasteiger partial charge in [-0.2, -0.15) is 0 Å². The van der Waals surface area contributed by atoms with E-state index in [9.17, 15) is 0 Å². The van der Waals surface area contributed by atoms with Gasteiger partial charge in [-0.15, -0.1) is 0 Å². The third-order valence-corrected chi connectivity index (χ3v) is 7.24. The van der Waals surface area contributed by atoms with E-state index in [1.807, 2.05) is 0 Å². The van der Waals surface area contributed by atoms with Gasteiger partial charge in [0.1, 0.15) is 0 Å². The van der Waals surface area contributed by atoms with E-state index >= 15 is 0 Å². The number of hydrogen-bond donors (Lipinski definition) is 1. The van der Waals surface area contributed by atoms with Gasteiger partial charge in [-0.3, -0.25) is 0 Å². The molecule has 4 aromatic carbocycles. The van der Waals surface area contributed by atoms with E-state index in [-0.39, 0.29) is 0 Å². The number of nitrogens with zero attached hydrogens (tertiary/aromatic N) is 1. The molecule has 0 aliphatic rings. The normalized spacial score (nSPS) is 11.2. The van der Waals surface area contributed by atoms with Crippen molar-refractivity contribution < 1.29 is 0 Å². The highest BCUT2D eigenvalue weighted by atomic mass is 28.3. The SMILES string of the molecule is C[Si](C)(C)c1ccc(Nc2cccc(N(c3ccccc3)c3ccccc3)c2)cc1. The molecule has 0 aromatic heterocycles. The van der Waals surface area contributed by atoms with Crippen LogP contribution in [0.2, 0.25) is 19.6 Å². The van der Waals surface area contributed by atoms with E-state index in [1.54, 1.807) is 0 Å². The first-order chi connectivity index (χ1) is 14.5. The molecule has 0 atom stereocenters. The molecule has 0 radical (unpaired) electrons. The average Bonchev–Trinajstić information content (AvgIpc) is 2.76. The first kappa shape index (κ1) is 20.0. The summed E-state index contributed by atoms with van der Waals surface area (Å²) in [6.07, 6.45) is 0. The summed E-state index contributed by atoms with van der Waals surface area (Å²) in [5.41, 5.74) is 5.59. The summed E-state index contributed by atoms with van der Waals surface area (Å²) in [4.78, 5) is 2.28. The Labute approximate surface area is 180 Å². The minimum absolute atomic E-state index is 1.07. The molecule has 0 bridgehead atoms. The summed E-state index contributed by atoms with van der Waals surface area (Å²) < 4.78 is 0. The fraction of sp³-hybridized carbons (Fsp3) is 0.111. The number of anilines is 5. The quantitative estimate of drug-likeness (QED) is 0.333. The number of benzene rings is 4. The molecule has 0 amide bonds. The van der Waals surface area contributed by atoms with Gasteiger partial charge in [0.2, 0.25) is 0 Å². The maximum Gasteiger partial charge on any atom is 0.0775 e. The lowest BCUT2D eigenvalue weighted by Crippen LogP contribution is -2.37. The van der Waals surface area contributed by atoms with Crippen LogP contribution in [0, 0.1) is 0 Å². The fourth-order valence-corrected chi connectivity index (χ4v) is 4.71.